The Labute approximate surface area is 120 Å². The maximum absolute atomic E-state index is 13.8. The average Bonchev–Trinajstić information content (AvgIpc) is 2.81. The molecular formula is C14H12F2N2O2S. The SMILES string of the molecule is Nc1ccc2c(c1)CCN2S(=O)(=O)c1ccc(F)cc1F. The zero-order chi connectivity index (χ0) is 15.2. The van der Waals surface area contributed by atoms with Gasteiger partial charge in [-0.15, -0.1) is 0 Å². The molecular weight excluding hydrogens is 298 g/mol. The second-order valence-corrected chi connectivity index (χ2v) is 6.62. The highest BCUT2D eigenvalue weighted by Crippen LogP contribution is 2.34. The van der Waals surface area contributed by atoms with Gasteiger partial charge < -0.3 is 5.73 Å². The van der Waals surface area contributed by atoms with Gasteiger partial charge in [0.25, 0.3) is 10.0 Å². The van der Waals surface area contributed by atoms with E-state index in [1.165, 1.54) is 0 Å². The molecule has 0 aromatic heterocycles. The van der Waals surface area contributed by atoms with Crippen molar-refractivity contribution in [1.29, 1.82) is 0 Å². The molecule has 0 aliphatic carbocycles. The van der Waals surface area contributed by atoms with E-state index < -0.39 is 26.6 Å². The van der Waals surface area contributed by atoms with Crippen molar-refractivity contribution in [3.8, 4) is 0 Å². The zero-order valence-electron chi connectivity index (χ0n) is 10.9. The van der Waals surface area contributed by atoms with E-state index >= 15 is 0 Å². The van der Waals surface area contributed by atoms with Crippen molar-refractivity contribution in [2.45, 2.75) is 11.3 Å². The minimum atomic E-state index is -4.06. The smallest absolute Gasteiger partial charge is 0.267 e. The first-order valence-electron chi connectivity index (χ1n) is 6.26. The van der Waals surface area contributed by atoms with Crippen LogP contribution in [0.2, 0.25) is 0 Å². The Morgan fingerprint density at radius 1 is 1.10 bits per heavy atom. The third-order valence-electron chi connectivity index (χ3n) is 3.42. The van der Waals surface area contributed by atoms with Gasteiger partial charge in [0.05, 0.1) is 5.69 Å². The molecule has 21 heavy (non-hydrogen) atoms. The molecule has 0 unspecified atom stereocenters. The van der Waals surface area contributed by atoms with Crippen LogP contribution in [-0.4, -0.2) is 15.0 Å². The van der Waals surface area contributed by atoms with E-state index in [1.54, 1.807) is 18.2 Å². The molecule has 1 heterocycles. The summed E-state index contributed by atoms with van der Waals surface area (Å²) < 4.78 is 52.9. The van der Waals surface area contributed by atoms with Gasteiger partial charge in [0, 0.05) is 18.3 Å². The fourth-order valence-corrected chi connectivity index (χ4v) is 4.00. The molecule has 0 amide bonds. The number of nitrogens with two attached hydrogens (primary N) is 1. The highest BCUT2D eigenvalue weighted by molar-refractivity contribution is 7.92. The predicted molar refractivity (Wildman–Crippen MR) is 75.4 cm³/mol. The quantitative estimate of drug-likeness (QED) is 0.866. The van der Waals surface area contributed by atoms with E-state index in [-0.39, 0.29) is 6.54 Å². The monoisotopic (exact) mass is 310 g/mol. The molecule has 0 fully saturated rings. The summed E-state index contributed by atoms with van der Waals surface area (Å²) in [6.45, 7) is 0.206. The lowest BCUT2D eigenvalue weighted by molar-refractivity contribution is 0.547. The van der Waals surface area contributed by atoms with Crippen molar-refractivity contribution in [3.05, 3.63) is 53.6 Å². The molecule has 0 bridgehead atoms. The first kappa shape index (κ1) is 13.8. The number of fused-ring (bicyclic) bond motifs is 1. The molecule has 0 radical (unpaired) electrons. The normalized spacial score (nSPS) is 14.3. The molecule has 0 spiro atoms. The molecule has 0 atom stereocenters. The summed E-state index contributed by atoms with van der Waals surface area (Å²) in [4.78, 5) is -0.534. The average molecular weight is 310 g/mol. The molecule has 2 N–H and O–H groups in total. The number of nitrogen functional groups attached to an aromatic ring is 1. The van der Waals surface area contributed by atoms with Gasteiger partial charge in [0.15, 0.2) is 0 Å². The van der Waals surface area contributed by atoms with Gasteiger partial charge in [0.2, 0.25) is 0 Å². The Kier molecular flexibility index (Phi) is 3.09. The van der Waals surface area contributed by atoms with E-state index in [0.29, 0.717) is 23.9 Å². The highest BCUT2D eigenvalue weighted by atomic mass is 32.2. The number of hydrogen-bond acceptors (Lipinski definition) is 3. The second kappa shape index (κ2) is 4.70. The third kappa shape index (κ3) is 2.23. The van der Waals surface area contributed by atoms with Crippen LogP contribution in [0.3, 0.4) is 0 Å². The number of rotatable bonds is 2. The van der Waals surface area contributed by atoms with Gasteiger partial charge in [-0.05, 0) is 42.3 Å². The van der Waals surface area contributed by atoms with Crippen LogP contribution < -0.4 is 10.0 Å². The van der Waals surface area contributed by atoms with E-state index in [2.05, 4.69) is 0 Å². The Morgan fingerprint density at radius 2 is 1.86 bits per heavy atom. The molecule has 110 valence electrons. The summed E-state index contributed by atoms with van der Waals surface area (Å²) in [7, 11) is -4.06. The number of hydrogen-bond donors (Lipinski definition) is 1. The van der Waals surface area contributed by atoms with Crippen LogP contribution >= 0.6 is 0 Å². The van der Waals surface area contributed by atoms with Crippen molar-refractivity contribution in [3.63, 3.8) is 0 Å². The topological polar surface area (TPSA) is 63.4 Å². The molecule has 0 saturated carbocycles. The number of sulfonamides is 1. The Morgan fingerprint density at radius 3 is 2.57 bits per heavy atom. The summed E-state index contributed by atoms with van der Waals surface area (Å²) in [5.41, 5.74) is 7.48. The van der Waals surface area contributed by atoms with Gasteiger partial charge in [-0.1, -0.05) is 0 Å². The molecule has 2 aromatic rings. The largest absolute Gasteiger partial charge is 0.399 e. The van der Waals surface area contributed by atoms with Gasteiger partial charge in [-0.3, -0.25) is 4.31 Å². The maximum atomic E-state index is 13.8. The lowest BCUT2D eigenvalue weighted by Crippen LogP contribution is -2.29. The Bertz CT molecular complexity index is 822. The van der Waals surface area contributed by atoms with Gasteiger partial charge in [0.1, 0.15) is 16.5 Å². The zero-order valence-corrected chi connectivity index (χ0v) is 11.7. The lowest BCUT2D eigenvalue weighted by Gasteiger charge is -2.20. The van der Waals surface area contributed by atoms with Crippen molar-refractivity contribution < 1.29 is 17.2 Å². The summed E-state index contributed by atoms with van der Waals surface area (Å²) in [6, 6.07) is 7.31. The van der Waals surface area contributed by atoms with Gasteiger partial charge >= 0.3 is 0 Å². The molecule has 2 aromatic carbocycles. The van der Waals surface area contributed by atoms with Crippen LogP contribution in [0.25, 0.3) is 0 Å². The third-order valence-corrected chi connectivity index (χ3v) is 5.26. The van der Waals surface area contributed by atoms with Crippen LogP contribution in [0.15, 0.2) is 41.3 Å². The van der Waals surface area contributed by atoms with E-state index in [0.717, 1.165) is 22.0 Å². The fourth-order valence-electron chi connectivity index (χ4n) is 2.44. The number of benzene rings is 2. The van der Waals surface area contributed by atoms with E-state index in [4.69, 9.17) is 5.73 Å². The first-order valence-corrected chi connectivity index (χ1v) is 7.70. The molecule has 4 nitrogen and oxygen atoms in total. The maximum Gasteiger partial charge on any atom is 0.267 e. The molecule has 1 aliphatic rings. The van der Waals surface area contributed by atoms with Crippen molar-refractivity contribution in [2.24, 2.45) is 0 Å². The summed E-state index contributed by atoms with van der Waals surface area (Å²) in [5, 5.41) is 0. The number of nitrogens with zero attached hydrogens (tertiary/aromatic N) is 1. The van der Waals surface area contributed by atoms with E-state index in [1.807, 2.05) is 0 Å². The van der Waals surface area contributed by atoms with Crippen molar-refractivity contribution in [2.75, 3.05) is 16.6 Å². The summed E-state index contributed by atoms with van der Waals surface area (Å²) in [5.74, 6) is -1.92. The lowest BCUT2D eigenvalue weighted by atomic mass is 10.1. The van der Waals surface area contributed by atoms with Crippen LogP contribution in [-0.2, 0) is 16.4 Å². The standard InChI is InChI=1S/C14H12F2N2O2S/c15-10-1-4-14(12(16)8-10)21(19,20)18-6-5-9-7-11(17)2-3-13(9)18/h1-4,7-8H,5-6,17H2. The number of anilines is 2. The molecule has 1 aliphatic heterocycles. The van der Waals surface area contributed by atoms with Crippen LogP contribution in [0, 0.1) is 11.6 Å². The van der Waals surface area contributed by atoms with E-state index in [9.17, 15) is 17.2 Å². The number of halogens is 2. The van der Waals surface area contributed by atoms with Crippen molar-refractivity contribution in [1.82, 2.24) is 0 Å². The van der Waals surface area contributed by atoms with Gasteiger partial charge in [-0.25, -0.2) is 17.2 Å². The predicted octanol–water partition coefficient (Wildman–Crippen LogP) is 2.30. The highest BCUT2D eigenvalue weighted by Gasteiger charge is 2.32. The Hall–Kier alpha value is -2.15. The van der Waals surface area contributed by atoms with Crippen LogP contribution in [0.1, 0.15) is 5.56 Å². The summed E-state index contributed by atoms with van der Waals surface area (Å²) in [6.07, 6.45) is 0.502. The molecule has 7 heteroatoms. The molecule has 0 saturated heterocycles. The van der Waals surface area contributed by atoms with Gasteiger partial charge in [-0.2, -0.15) is 0 Å². The van der Waals surface area contributed by atoms with Crippen LogP contribution in [0.5, 0.6) is 0 Å². The fraction of sp³-hybridized carbons (Fsp3) is 0.143. The first-order chi connectivity index (χ1) is 9.89. The molecule has 3 rings (SSSR count). The Balaban J connectivity index is 2.09. The summed E-state index contributed by atoms with van der Waals surface area (Å²) >= 11 is 0. The van der Waals surface area contributed by atoms with Crippen LogP contribution in [0.4, 0.5) is 20.2 Å². The second-order valence-electron chi connectivity index (χ2n) is 4.79. The minimum absolute atomic E-state index is 0.206. The minimum Gasteiger partial charge on any atom is -0.399 e. The van der Waals surface area contributed by atoms with Crippen molar-refractivity contribution >= 4 is 21.4 Å².